The molecule has 0 bridgehead atoms. The second-order valence-corrected chi connectivity index (χ2v) is 7.36. The van der Waals surface area contributed by atoms with Crippen molar-refractivity contribution in [3.63, 3.8) is 0 Å². The monoisotopic (exact) mass is 408 g/mol. The molecule has 154 valence electrons. The van der Waals surface area contributed by atoms with E-state index in [1.165, 1.54) is 12.1 Å². The Balaban J connectivity index is 1.66. The summed E-state index contributed by atoms with van der Waals surface area (Å²) < 4.78 is 0. The first kappa shape index (κ1) is 19.8. The second-order valence-electron chi connectivity index (χ2n) is 7.36. The van der Waals surface area contributed by atoms with Crippen molar-refractivity contribution in [3.8, 4) is 0 Å². The lowest BCUT2D eigenvalue weighted by atomic mass is 9.78. The van der Waals surface area contributed by atoms with Crippen molar-refractivity contribution in [3.05, 3.63) is 70.8 Å². The third-order valence-corrected chi connectivity index (χ3v) is 5.42. The average Bonchev–Trinajstić information content (AvgIpc) is 3.04. The highest BCUT2D eigenvalue weighted by atomic mass is 16.4. The smallest absolute Gasteiger partial charge is 0.322 e. The fourth-order valence-corrected chi connectivity index (χ4v) is 3.95. The Kier molecular flexibility index (Phi) is 5.11. The normalized spacial score (nSPS) is 23.5. The molecule has 4 rings (SSSR count). The molecule has 3 unspecified atom stereocenters. The van der Waals surface area contributed by atoms with Crippen molar-refractivity contribution in [1.82, 2.24) is 5.32 Å². The molecule has 1 aliphatic carbocycles. The van der Waals surface area contributed by atoms with Crippen molar-refractivity contribution in [2.75, 3.05) is 11.9 Å². The van der Waals surface area contributed by atoms with E-state index in [0.29, 0.717) is 28.0 Å². The zero-order chi connectivity index (χ0) is 21.4. The Hall–Kier alpha value is -3.49. The van der Waals surface area contributed by atoms with Crippen LogP contribution < -0.4 is 10.6 Å². The van der Waals surface area contributed by atoms with Crippen LogP contribution >= 0.6 is 0 Å². The number of nitrogens with one attached hydrogen (secondary N) is 2. The zero-order valence-electron chi connectivity index (χ0n) is 15.8. The molecule has 0 radical (unpaired) electrons. The average molecular weight is 408 g/mol. The highest BCUT2D eigenvalue weighted by Gasteiger charge is 2.34. The summed E-state index contributed by atoms with van der Waals surface area (Å²) in [6, 6.07) is 11.7. The van der Waals surface area contributed by atoms with Crippen LogP contribution in [-0.2, 0) is 9.59 Å². The minimum absolute atomic E-state index is 0.215. The number of aliphatic carboxylic acids is 1. The summed E-state index contributed by atoms with van der Waals surface area (Å²) in [5.74, 6) is -2.59. The van der Waals surface area contributed by atoms with E-state index in [9.17, 15) is 24.6 Å². The third kappa shape index (κ3) is 3.58. The largest absolute Gasteiger partial charge is 0.480 e. The minimum atomic E-state index is -1.16. The molecule has 8 nitrogen and oxygen atoms in total. The number of amides is 2. The Morgan fingerprint density at radius 2 is 1.87 bits per heavy atom. The first-order valence-corrected chi connectivity index (χ1v) is 9.47. The minimum Gasteiger partial charge on any atom is -0.480 e. The van der Waals surface area contributed by atoms with Crippen LogP contribution in [0, 0.1) is 5.92 Å². The topological polar surface area (TPSA) is 136 Å². The molecule has 8 heteroatoms. The van der Waals surface area contributed by atoms with Crippen LogP contribution in [0.1, 0.15) is 45.7 Å². The molecule has 0 saturated carbocycles. The Bertz CT molecular complexity index is 1080. The molecule has 0 fully saturated rings. The number of aliphatic hydroxyl groups excluding tert-OH is 2. The van der Waals surface area contributed by atoms with Crippen LogP contribution in [0.4, 0.5) is 5.69 Å². The maximum absolute atomic E-state index is 12.5. The van der Waals surface area contributed by atoms with Crippen LogP contribution in [0.25, 0.3) is 5.57 Å². The van der Waals surface area contributed by atoms with E-state index in [1.54, 1.807) is 36.4 Å². The Morgan fingerprint density at radius 1 is 1.13 bits per heavy atom. The standard InChI is InChI=1S/C22H20N2O6/c25-18-9-12(20(28)14-4-2-1-3-13(14)18)8-16-15-7-11(21(29)23-10-19(26)27)5-6-17(15)24-22(16)30/h1-8,12,18,20,25,28H,9-10H2,(H,23,29)(H,24,30)(H,26,27). The fraction of sp³-hybridized carbons (Fsp3) is 0.227. The summed E-state index contributed by atoms with van der Waals surface area (Å²) in [5.41, 5.74) is 2.82. The van der Waals surface area contributed by atoms with E-state index in [1.807, 2.05) is 0 Å². The van der Waals surface area contributed by atoms with Crippen molar-refractivity contribution >= 4 is 29.0 Å². The third-order valence-electron chi connectivity index (χ3n) is 5.42. The van der Waals surface area contributed by atoms with Gasteiger partial charge in [0, 0.05) is 28.3 Å². The van der Waals surface area contributed by atoms with Gasteiger partial charge in [-0.15, -0.1) is 0 Å². The number of hydrogen-bond donors (Lipinski definition) is 5. The highest BCUT2D eigenvalue weighted by Crippen LogP contribution is 2.43. The number of benzene rings is 2. The van der Waals surface area contributed by atoms with Gasteiger partial charge in [-0.2, -0.15) is 0 Å². The van der Waals surface area contributed by atoms with Gasteiger partial charge in [-0.1, -0.05) is 30.3 Å². The second kappa shape index (κ2) is 7.74. The lowest BCUT2D eigenvalue weighted by Crippen LogP contribution is -2.29. The molecule has 1 aliphatic heterocycles. The summed E-state index contributed by atoms with van der Waals surface area (Å²) in [6.07, 6.45) is 0.243. The molecule has 2 amide bonds. The number of rotatable bonds is 4. The Morgan fingerprint density at radius 3 is 2.60 bits per heavy atom. The number of carboxylic acid groups (broad SMARTS) is 1. The number of hydrogen-bond acceptors (Lipinski definition) is 5. The maximum atomic E-state index is 12.5. The summed E-state index contributed by atoms with van der Waals surface area (Å²) in [7, 11) is 0. The lowest BCUT2D eigenvalue weighted by molar-refractivity contribution is -0.135. The molecular formula is C22H20N2O6. The summed E-state index contributed by atoms with van der Waals surface area (Å²) in [4.78, 5) is 35.4. The maximum Gasteiger partial charge on any atom is 0.322 e. The molecule has 2 aliphatic rings. The van der Waals surface area contributed by atoms with E-state index in [-0.39, 0.29) is 17.9 Å². The highest BCUT2D eigenvalue weighted by molar-refractivity contribution is 6.31. The van der Waals surface area contributed by atoms with Crippen molar-refractivity contribution < 1.29 is 29.7 Å². The van der Waals surface area contributed by atoms with E-state index in [0.717, 1.165) is 0 Å². The predicted octanol–water partition coefficient (Wildman–Crippen LogP) is 1.62. The van der Waals surface area contributed by atoms with Crippen molar-refractivity contribution in [1.29, 1.82) is 0 Å². The molecule has 2 aromatic rings. The number of aliphatic hydroxyl groups is 2. The van der Waals surface area contributed by atoms with Crippen LogP contribution in [0.2, 0.25) is 0 Å². The summed E-state index contributed by atoms with van der Waals surface area (Å²) >= 11 is 0. The van der Waals surface area contributed by atoms with Gasteiger partial charge in [-0.25, -0.2) is 0 Å². The van der Waals surface area contributed by atoms with Gasteiger partial charge in [0.25, 0.3) is 11.8 Å². The van der Waals surface area contributed by atoms with E-state index < -0.39 is 36.5 Å². The number of carbonyl (C=O) groups is 3. The van der Waals surface area contributed by atoms with Crippen LogP contribution in [0.3, 0.4) is 0 Å². The van der Waals surface area contributed by atoms with E-state index in [2.05, 4.69) is 10.6 Å². The first-order chi connectivity index (χ1) is 14.3. The SMILES string of the molecule is O=C(O)CNC(=O)c1ccc2c(c1)C(=CC1CC(O)c3ccccc3C1O)C(=O)N2. The predicted molar refractivity (Wildman–Crippen MR) is 107 cm³/mol. The molecule has 2 aromatic carbocycles. The van der Waals surface area contributed by atoms with Gasteiger partial charge in [-0.3, -0.25) is 14.4 Å². The lowest BCUT2D eigenvalue weighted by Gasteiger charge is -2.31. The first-order valence-electron chi connectivity index (χ1n) is 9.47. The molecule has 1 heterocycles. The van der Waals surface area contributed by atoms with Crippen molar-refractivity contribution in [2.45, 2.75) is 18.6 Å². The van der Waals surface area contributed by atoms with E-state index in [4.69, 9.17) is 5.11 Å². The molecule has 5 N–H and O–H groups in total. The molecule has 3 atom stereocenters. The zero-order valence-corrected chi connectivity index (χ0v) is 15.8. The number of fused-ring (bicyclic) bond motifs is 2. The molecule has 0 aromatic heterocycles. The fourth-order valence-electron chi connectivity index (χ4n) is 3.95. The Labute approximate surface area is 171 Å². The summed E-state index contributed by atoms with van der Waals surface area (Å²) in [6.45, 7) is -0.513. The number of anilines is 1. The molecular weight excluding hydrogens is 388 g/mol. The number of carboxylic acids is 1. The number of carbonyl (C=O) groups excluding carboxylic acids is 2. The van der Waals surface area contributed by atoms with Crippen LogP contribution in [-0.4, -0.2) is 39.6 Å². The van der Waals surface area contributed by atoms with Gasteiger partial charge in [0.1, 0.15) is 6.54 Å². The molecule has 0 saturated heterocycles. The van der Waals surface area contributed by atoms with Crippen LogP contribution in [0.5, 0.6) is 0 Å². The van der Waals surface area contributed by atoms with Gasteiger partial charge in [0.15, 0.2) is 0 Å². The summed E-state index contributed by atoms with van der Waals surface area (Å²) in [5, 5.41) is 35.0. The van der Waals surface area contributed by atoms with Gasteiger partial charge < -0.3 is 26.0 Å². The molecule has 30 heavy (non-hydrogen) atoms. The van der Waals surface area contributed by atoms with Gasteiger partial charge >= 0.3 is 5.97 Å². The van der Waals surface area contributed by atoms with Crippen LogP contribution in [0.15, 0.2) is 48.5 Å². The quantitative estimate of drug-likeness (QED) is 0.488. The van der Waals surface area contributed by atoms with Gasteiger partial charge in [0.2, 0.25) is 0 Å². The van der Waals surface area contributed by atoms with Crippen molar-refractivity contribution in [2.24, 2.45) is 5.92 Å². The van der Waals surface area contributed by atoms with Gasteiger partial charge in [-0.05, 0) is 35.7 Å². The van der Waals surface area contributed by atoms with Gasteiger partial charge in [0.05, 0.1) is 12.2 Å². The molecule has 0 spiro atoms. The van der Waals surface area contributed by atoms with E-state index >= 15 is 0 Å².